The van der Waals surface area contributed by atoms with Crippen LogP contribution in [0.25, 0.3) is 0 Å². The second-order valence-corrected chi connectivity index (χ2v) is 5.30. The number of amides is 1. The Morgan fingerprint density at radius 1 is 1.50 bits per heavy atom. The van der Waals surface area contributed by atoms with E-state index in [1.54, 1.807) is 12.1 Å². The van der Waals surface area contributed by atoms with E-state index in [1.807, 2.05) is 13.8 Å². The van der Waals surface area contributed by atoms with Crippen molar-refractivity contribution in [1.29, 1.82) is 0 Å². The van der Waals surface area contributed by atoms with Gasteiger partial charge in [-0.3, -0.25) is 9.59 Å². The Labute approximate surface area is 110 Å². The molecular formula is C12H17NO4S. The van der Waals surface area contributed by atoms with Gasteiger partial charge in [-0.25, -0.2) is 0 Å². The van der Waals surface area contributed by atoms with Crippen LogP contribution in [0.4, 0.5) is 4.79 Å². The summed E-state index contributed by atoms with van der Waals surface area (Å²) in [4.78, 5) is 22.4. The second-order valence-electron chi connectivity index (χ2n) is 4.30. The van der Waals surface area contributed by atoms with E-state index in [1.165, 1.54) is 6.26 Å². The molecule has 0 radical (unpaired) electrons. The molecule has 1 heterocycles. The lowest BCUT2D eigenvalue weighted by Gasteiger charge is -2.14. The Hall–Kier alpha value is -1.43. The molecule has 1 amide bonds. The van der Waals surface area contributed by atoms with E-state index < -0.39 is 12.0 Å². The van der Waals surface area contributed by atoms with Crippen molar-refractivity contribution in [2.45, 2.75) is 26.3 Å². The number of hydrogen-bond acceptors (Lipinski definition) is 4. The predicted octanol–water partition coefficient (Wildman–Crippen LogP) is 2.89. The van der Waals surface area contributed by atoms with Gasteiger partial charge in [0, 0.05) is 5.75 Å². The van der Waals surface area contributed by atoms with Crippen molar-refractivity contribution in [3.8, 4) is 0 Å². The van der Waals surface area contributed by atoms with Crippen molar-refractivity contribution in [3.05, 3.63) is 24.2 Å². The SMILES string of the molecule is CC(C)CSC(=O)NC(CC(=O)O)c1ccco1. The van der Waals surface area contributed by atoms with Crippen molar-refractivity contribution in [3.63, 3.8) is 0 Å². The standard InChI is InChI=1S/C12H17NO4S/c1-8(2)7-18-12(16)13-9(6-11(14)15)10-4-3-5-17-10/h3-5,8-9H,6-7H2,1-2H3,(H,13,16)(H,14,15). The molecule has 0 aliphatic rings. The first kappa shape index (κ1) is 14.6. The van der Waals surface area contributed by atoms with Crippen LogP contribution in [-0.2, 0) is 4.79 Å². The van der Waals surface area contributed by atoms with E-state index in [-0.39, 0.29) is 11.7 Å². The number of thioether (sulfide) groups is 1. The van der Waals surface area contributed by atoms with Crippen LogP contribution in [0.3, 0.4) is 0 Å². The minimum absolute atomic E-state index is 0.193. The number of hydrogen-bond donors (Lipinski definition) is 2. The fourth-order valence-electron chi connectivity index (χ4n) is 1.31. The summed E-state index contributed by atoms with van der Waals surface area (Å²) in [5.74, 6) is 0.577. The number of carboxylic acids is 1. The van der Waals surface area contributed by atoms with Crippen LogP contribution in [0.5, 0.6) is 0 Å². The second kappa shape index (κ2) is 7.10. The molecule has 1 unspecified atom stereocenters. The largest absolute Gasteiger partial charge is 0.481 e. The van der Waals surface area contributed by atoms with Crippen molar-refractivity contribution < 1.29 is 19.1 Å². The zero-order valence-corrected chi connectivity index (χ0v) is 11.2. The van der Waals surface area contributed by atoms with Crippen LogP contribution in [-0.4, -0.2) is 22.1 Å². The molecule has 0 saturated carbocycles. The average molecular weight is 271 g/mol. The van der Waals surface area contributed by atoms with Crippen LogP contribution >= 0.6 is 11.8 Å². The van der Waals surface area contributed by atoms with E-state index in [0.717, 1.165) is 11.8 Å². The summed E-state index contributed by atoms with van der Waals surface area (Å²) in [5, 5.41) is 11.2. The molecule has 0 aliphatic heterocycles. The van der Waals surface area contributed by atoms with E-state index in [2.05, 4.69) is 5.32 Å². The average Bonchev–Trinajstić information content (AvgIpc) is 2.78. The molecule has 100 valence electrons. The quantitative estimate of drug-likeness (QED) is 0.831. The number of rotatable bonds is 6. The maximum Gasteiger partial charge on any atom is 0.305 e. The smallest absolute Gasteiger partial charge is 0.305 e. The highest BCUT2D eigenvalue weighted by molar-refractivity contribution is 8.13. The van der Waals surface area contributed by atoms with Crippen LogP contribution in [0.15, 0.2) is 22.8 Å². The van der Waals surface area contributed by atoms with E-state index in [0.29, 0.717) is 17.4 Å². The molecule has 0 spiro atoms. The Kier molecular flexibility index (Phi) is 5.77. The molecule has 1 aromatic heterocycles. The van der Waals surface area contributed by atoms with Gasteiger partial charge in [-0.2, -0.15) is 0 Å². The summed E-state index contributed by atoms with van der Waals surface area (Å²) >= 11 is 1.15. The van der Waals surface area contributed by atoms with E-state index >= 15 is 0 Å². The van der Waals surface area contributed by atoms with Gasteiger partial charge < -0.3 is 14.8 Å². The summed E-state index contributed by atoms with van der Waals surface area (Å²) in [7, 11) is 0. The van der Waals surface area contributed by atoms with Crippen molar-refractivity contribution in [2.24, 2.45) is 5.92 Å². The highest BCUT2D eigenvalue weighted by Crippen LogP contribution is 2.19. The van der Waals surface area contributed by atoms with Gasteiger partial charge >= 0.3 is 5.97 Å². The van der Waals surface area contributed by atoms with Gasteiger partial charge in [0.05, 0.1) is 18.7 Å². The molecule has 0 bridgehead atoms. The molecule has 1 aromatic rings. The normalized spacial score (nSPS) is 12.4. The van der Waals surface area contributed by atoms with Crippen molar-refractivity contribution >= 4 is 23.0 Å². The summed E-state index contributed by atoms with van der Waals surface area (Å²) in [5.41, 5.74) is 0. The third-order valence-corrected chi connectivity index (χ3v) is 3.32. The molecule has 0 saturated heterocycles. The molecule has 1 rings (SSSR count). The van der Waals surface area contributed by atoms with E-state index in [9.17, 15) is 9.59 Å². The maximum absolute atomic E-state index is 11.7. The first-order valence-electron chi connectivity index (χ1n) is 5.67. The van der Waals surface area contributed by atoms with Gasteiger partial charge in [-0.05, 0) is 18.1 Å². The third-order valence-electron chi connectivity index (χ3n) is 2.11. The van der Waals surface area contributed by atoms with Crippen LogP contribution in [0.2, 0.25) is 0 Å². The molecule has 6 heteroatoms. The van der Waals surface area contributed by atoms with Crippen molar-refractivity contribution in [2.75, 3.05) is 5.75 Å². The third kappa shape index (κ3) is 5.27. The Balaban J connectivity index is 2.56. The van der Waals surface area contributed by atoms with Crippen LogP contribution in [0, 0.1) is 5.92 Å². The van der Waals surface area contributed by atoms with Crippen molar-refractivity contribution in [1.82, 2.24) is 5.32 Å². The summed E-state index contributed by atoms with van der Waals surface area (Å²) in [6.07, 6.45) is 1.26. The van der Waals surface area contributed by atoms with Gasteiger partial charge in [0.25, 0.3) is 5.24 Å². The zero-order valence-electron chi connectivity index (χ0n) is 10.4. The molecule has 1 atom stereocenters. The molecule has 0 aliphatic carbocycles. The topological polar surface area (TPSA) is 79.5 Å². The Morgan fingerprint density at radius 2 is 2.22 bits per heavy atom. The fraction of sp³-hybridized carbons (Fsp3) is 0.500. The summed E-state index contributed by atoms with van der Waals surface area (Å²) in [6.45, 7) is 4.03. The number of furan rings is 1. The van der Waals surface area contributed by atoms with Crippen LogP contribution < -0.4 is 5.32 Å². The minimum atomic E-state index is -0.981. The monoisotopic (exact) mass is 271 g/mol. The van der Waals surface area contributed by atoms with Gasteiger partial charge in [0.2, 0.25) is 0 Å². The number of carbonyl (C=O) groups is 2. The van der Waals surface area contributed by atoms with Gasteiger partial charge in [-0.1, -0.05) is 25.6 Å². The lowest BCUT2D eigenvalue weighted by Crippen LogP contribution is -2.27. The Bertz CT molecular complexity index is 389. The lowest BCUT2D eigenvalue weighted by molar-refractivity contribution is -0.137. The molecule has 2 N–H and O–H groups in total. The summed E-state index contributed by atoms with van der Waals surface area (Å²) < 4.78 is 5.14. The van der Waals surface area contributed by atoms with Gasteiger partial charge in [-0.15, -0.1) is 0 Å². The number of carbonyl (C=O) groups excluding carboxylic acids is 1. The number of nitrogens with one attached hydrogen (secondary N) is 1. The number of aliphatic carboxylic acids is 1. The van der Waals surface area contributed by atoms with Gasteiger partial charge in [0.15, 0.2) is 0 Å². The molecule has 5 nitrogen and oxygen atoms in total. The highest BCUT2D eigenvalue weighted by Gasteiger charge is 2.20. The fourth-order valence-corrected chi connectivity index (χ4v) is 2.02. The molecule has 0 fully saturated rings. The zero-order chi connectivity index (χ0) is 13.5. The first-order chi connectivity index (χ1) is 8.49. The van der Waals surface area contributed by atoms with Gasteiger partial charge in [0.1, 0.15) is 5.76 Å². The first-order valence-corrected chi connectivity index (χ1v) is 6.66. The van der Waals surface area contributed by atoms with Crippen LogP contribution in [0.1, 0.15) is 32.1 Å². The van der Waals surface area contributed by atoms with E-state index in [4.69, 9.17) is 9.52 Å². The number of carboxylic acid groups (broad SMARTS) is 1. The molecular weight excluding hydrogens is 254 g/mol. The predicted molar refractivity (Wildman–Crippen MR) is 69.5 cm³/mol. The minimum Gasteiger partial charge on any atom is -0.481 e. The highest BCUT2D eigenvalue weighted by atomic mass is 32.2. The molecule has 0 aromatic carbocycles. The summed E-state index contributed by atoms with van der Waals surface area (Å²) in [6, 6.07) is 2.70. The lowest BCUT2D eigenvalue weighted by atomic mass is 10.1. The Morgan fingerprint density at radius 3 is 2.72 bits per heavy atom. The molecule has 18 heavy (non-hydrogen) atoms. The maximum atomic E-state index is 11.7.